The number of pyridine rings is 1. The molecule has 0 saturated carbocycles. The van der Waals surface area contributed by atoms with Crippen LogP contribution in [-0.4, -0.2) is 4.98 Å². The molecule has 9 rings (SSSR count). The molecule has 1 atom stereocenters. The van der Waals surface area contributed by atoms with E-state index >= 15 is 0 Å². The highest BCUT2D eigenvalue weighted by Crippen LogP contribution is 2.60. The van der Waals surface area contributed by atoms with Crippen LogP contribution in [-0.2, 0) is 11.8 Å². The molecule has 0 bridgehead atoms. The van der Waals surface area contributed by atoms with Crippen molar-refractivity contribution in [2.45, 2.75) is 0 Å². The number of rotatable bonds is 4. The SMILES string of the molecule is S=P12c3ccc(-c4ccccc4)cc3Oc3ccc(-c4ccc(-c5cccnc5)cc4)c(c31)Oc1cc(-c3ccccc3)ccc12. The zero-order valence-electron chi connectivity index (χ0n) is 24.6. The third kappa shape index (κ3) is 4.26. The van der Waals surface area contributed by atoms with Crippen molar-refractivity contribution in [3.63, 3.8) is 0 Å². The van der Waals surface area contributed by atoms with Gasteiger partial charge >= 0.3 is 0 Å². The van der Waals surface area contributed by atoms with Crippen LogP contribution in [0.3, 0.4) is 0 Å². The highest BCUT2D eigenvalue weighted by Gasteiger charge is 2.43. The van der Waals surface area contributed by atoms with Crippen LogP contribution in [0.5, 0.6) is 23.0 Å². The second-order valence-corrected chi connectivity index (χ2v) is 15.8. The molecule has 46 heavy (non-hydrogen) atoms. The van der Waals surface area contributed by atoms with Gasteiger partial charge in [-0.15, -0.1) is 0 Å². The van der Waals surface area contributed by atoms with E-state index in [2.05, 4.69) is 132 Å². The summed E-state index contributed by atoms with van der Waals surface area (Å²) >= 11 is 6.92. The number of ether oxygens (including phenoxy) is 2. The number of nitrogens with zero attached hydrogens (tertiary/aromatic N) is 1. The van der Waals surface area contributed by atoms with Crippen LogP contribution in [0.4, 0.5) is 0 Å². The molecule has 0 saturated heterocycles. The zero-order valence-corrected chi connectivity index (χ0v) is 26.3. The van der Waals surface area contributed by atoms with Crippen molar-refractivity contribution < 1.29 is 9.47 Å². The Morgan fingerprint density at radius 2 is 1.00 bits per heavy atom. The van der Waals surface area contributed by atoms with Crippen molar-refractivity contribution in [1.29, 1.82) is 0 Å². The zero-order chi connectivity index (χ0) is 30.7. The Bertz CT molecular complexity index is 2310. The van der Waals surface area contributed by atoms with Crippen LogP contribution in [0.2, 0.25) is 0 Å². The summed E-state index contributed by atoms with van der Waals surface area (Å²) < 4.78 is 13.6. The van der Waals surface area contributed by atoms with Gasteiger partial charge in [0.05, 0.1) is 11.3 Å². The van der Waals surface area contributed by atoms with E-state index in [1.165, 1.54) is 0 Å². The fourth-order valence-corrected chi connectivity index (χ4v) is 11.0. The van der Waals surface area contributed by atoms with Crippen molar-refractivity contribution in [3.05, 3.63) is 158 Å². The number of aromatic nitrogens is 1. The molecule has 0 spiro atoms. The molecule has 7 aromatic rings. The second kappa shape index (κ2) is 10.7. The largest absolute Gasteiger partial charge is 0.456 e. The van der Waals surface area contributed by atoms with Gasteiger partial charge in [-0.2, -0.15) is 0 Å². The summed E-state index contributed by atoms with van der Waals surface area (Å²) in [5.74, 6) is 3.18. The molecule has 218 valence electrons. The van der Waals surface area contributed by atoms with Gasteiger partial charge < -0.3 is 9.47 Å². The average molecular weight is 628 g/mol. The van der Waals surface area contributed by atoms with E-state index in [1.807, 2.05) is 24.4 Å². The summed E-state index contributed by atoms with van der Waals surface area (Å²) in [4.78, 5) is 4.29. The molecule has 6 aromatic carbocycles. The molecule has 0 fully saturated rings. The Kier molecular flexibility index (Phi) is 6.28. The van der Waals surface area contributed by atoms with Crippen molar-refractivity contribution in [2.75, 3.05) is 0 Å². The van der Waals surface area contributed by atoms with Crippen LogP contribution in [0.1, 0.15) is 0 Å². The monoisotopic (exact) mass is 627 g/mol. The first kappa shape index (κ1) is 27.1. The number of hydrogen-bond acceptors (Lipinski definition) is 4. The number of benzene rings is 6. The lowest BCUT2D eigenvalue weighted by Gasteiger charge is -2.38. The molecular weight excluding hydrogens is 601 g/mol. The lowest BCUT2D eigenvalue weighted by Crippen LogP contribution is -2.35. The van der Waals surface area contributed by atoms with E-state index in [4.69, 9.17) is 21.3 Å². The van der Waals surface area contributed by atoms with Crippen molar-refractivity contribution in [3.8, 4) is 67.5 Å². The first-order chi connectivity index (χ1) is 22.7. The van der Waals surface area contributed by atoms with Gasteiger partial charge in [0.1, 0.15) is 23.0 Å². The van der Waals surface area contributed by atoms with Gasteiger partial charge in [-0.05, 0) is 81.4 Å². The Balaban J connectivity index is 1.24. The average Bonchev–Trinajstić information content (AvgIpc) is 3.12. The summed E-state index contributed by atoms with van der Waals surface area (Å²) in [6.07, 6.45) is 3.68. The highest BCUT2D eigenvalue weighted by atomic mass is 32.4. The van der Waals surface area contributed by atoms with E-state index in [9.17, 15) is 0 Å². The molecular formula is C41H26NO2PS. The summed E-state index contributed by atoms with van der Waals surface area (Å²) in [5.41, 5.74) is 8.71. The molecule has 3 nitrogen and oxygen atoms in total. The lowest BCUT2D eigenvalue weighted by atomic mass is 10.00. The molecule has 0 N–H and O–H groups in total. The maximum atomic E-state index is 6.93. The lowest BCUT2D eigenvalue weighted by molar-refractivity contribution is 0.468. The van der Waals surface area contributed by atoms with Crippen LogP contribution < -0.4 is 25.4 Å². The predicted molar refractivity (Wildman–Crippen MR) is 192 cm³/mol. The van der Waals surface area contributed by atoms with Crippen molar-refractivity contribution in [2.24, 2.45) is 0 Å². The molecule has 5 heteroatoms. The van der Waals surface area contributed by atoms with Gasteiger partial charge in [-0.3, -0.25) is 4.98 Å². The normalized spacial score (nSPS) is 15.5. The molecule has 0 amide bonds. The third-order valence-corrected chi connectivity index (χ3v) is 13.7. The highest BCUT2D eigenvalue weighted by molar-refractivity contribution is 8.26. The topological polar surface area (TPSA) is 31.4 Å². The van der Waals surface area contributed by atoms with Crippen LogP contribution >= 0.6 is 6.04 Å². The first-order valence-corrected chi connectivity index (χ1v) is 18.0. The van der Waals surface area contributed by atoms with E-state index in [0.717, 1.165) is 83.4 Å². The molecule has 1 unspecified atom stereocenters. The molecule has 2 aliphatic heterocycles. The van der Waals surface area contributed by atoms with Gasteiger partial charge in [0.15, 0.2) is 0 Å². The van der Waals surface area contributed by atoms with Crippen molar-refractivity contribution in [1.82, 2.24) is 4.98 Å². The quantitative estimate of drug-likeness (QED) is 0.182. The minimum Gasteiger partial charge on any atom is -0.456 e. The number of fused-ring (bicyclic) bond motifs is 4. The third-order valence-electron chi connectivity index (χ3n) is 8.84. The fraction of sp³-hybridized carbons (Fsp3) is 0. The van der Waals surface area contributed by atoms with E-state index in [0.29, 0.717) is 0 Å². The van der Waals surface area contributed by atoms with Gasteiger partial charge in [-0.25, -0.2) is 0 Å². The minimum atomic E-state index is -2.57. The summed E-state index contributed by atoms with van der Waals surface area (Å²) in [6.45, 7) is 0. The van der Waals surface area contributed by atoms with Crippen molar-refractivity contribution >= 4 is 33.8 Å². The van der Waals surface area contributed by atoms with Gasteiger partial charge in [0.2, 0.25) is 0 Å². The van der Waals surface area contributed by atoms with E-state index in [-0.39, 0.29) is 0 Å². The van der Waals surface area contributed by atoms with Crippen LogP contribution in [0.15, 0.2) is 158 Å². The Morgan fingerprint density at radius 3 is 1.61 bits per heavy atom. The molecule has 2 aliphatic rings. The summed E-state index contributed by atoms with van der Waals surface area (Å²) in [6, 6.07) is 48.0. The smallest absolute Gasteiger partial charge is 0.148 e. The summed E-state index contributed by atoms with van der Waals surface area (Å²) in [5, 5.41) is 3.09. The Hall–Kier alpha value is -5.28. The van der Waals surface area contributed by atoms with E-state index in [1.54, 1.807) is 6.20 Å². The molecule has 0 aliphatic carbocycles. The Labute approximate surface area is 272 Å². The second-order valence-electron chi connectivity index (χ2n) is 11.5. The Morgan fingerprint density at radius 1 is 0.457 bits per heavy atom. The maximum absolute atomic E-state index is 6.93. The fourth-order valence-electron chi connectivity index (χ4n) is 6.57. The summed E-state index contributed by atoms with van der Waals surface area (Å²) in [7, 11) is 0. The van der Waals surface area contributed by atoms with Crippen LogP contribution in [0, 0.1) is 0 Å². The molecule has 1 aromatic heterocycles. The van der Waals surface area contributed by atoms with Gasteiger partial charge in [0, 0.05) is 28.6 Å². The minimum absolute atomic E-state index is 0.768. The standard InChI is InChI=1S/C41H26NO2PS/c46-45-38-21-17-31(27-8-3-1-4-9-27)24-36(38)43-35-20-19-34(30-15-13-29(14-16-30)33-12-7-23-42-26-33)40(41(35)45)44-37-25-32(18-22-39(37)45)28-10-5-2-6-11-28/h1-26H. The van der Waals surface area contributed by atoms with E-state index < -0.39 is 6.04 Å². The van der Waals surface area contributed by atoms with Gasteiger partial charge in [0.25, 0.3) is 0 Å². The number of hydrogen-bond donors (Lipinski definition) is 0. The molecule has 0 radical (unpaired) electrons. The maximum Gasteiger partial charge on any atom is 0.148 e. The van der Waals surface area contributed by atoms with Gasteiger partial charge in [-0.1, -0.05) is 115 Å². The predicted octanol–water partition coefficient (Wildman–Crippen LogP) is 9.72. The first-order valence-electron chi connectivity index (χ1n) is 15.2. The molecule has 3 heterocycles. The van der Waals surface area contributed by atoms with Crippen LogP contribution in [0.25, 0.3) is 44.5 Å².